The van der Waals surface area contributed by atoms with Crippen LogP contribution in [0.25, 0.3) is 0 Å². The molecule has 0 saturated heterocycles. The van der Waals surface area contributed by atoms with Gasteiger partial charge in [-0.15, -0.1) is 0 Å². The van der Waals surface area contributed by atoms with Crippen molar-refractivity contribution in [3.8, 4) is 0 Å². The van der Waals surface area contributed by atoms with Crippen molar-refractivity contribution in [2.75, 3.05) is 19.6 Å². The second kappa shape index (κ2) is 4.94. The first-order valence-electron chi connectivity index (χ1n) is 5.82. The number of hydrogen-bond acceptors (Lipinski definition) is 3. The summed E-state index contributed by atoms with van der Waals surface area (Å²) in [6, 6.07) is 0.673. The van der Waals surface area contributed by atoms with Gasteiger partial charge in [-0.3, -0.25) is 9.69 Å². The Morgan fingerprint density at radius 2 is 2.13 bits per heavy atom. The van der Waals surface area contributed by atoms with Crippen LogP contribution in [0.5, 0.6) is 0 Å². The lowest BCUT2D eigenvalue weighted by Crippen LogP contribution is -2.59. The molecule has 0 heterocycles. The molecule has 0 aromatic rings. The van der Waals surface area contributed by atoms with Crippen molar-refractivity contribution in [2.45, 2.75) is 45.2 Å². The topological polar surface area (TPSA) is 58.4 Å². The van der Waals surface area contributed by atoms with E-state index in [0.717, 1.165) is 19.6 Å². The predicted octanol–water partition coefficient (Wildman–Crippen LogP) is 0.324. The molecule has 1 aliphatic rings. The van der Waals surface area contributed by atoms with E-state index in [1.807, 2.05) is 13.8 Å². The minimum atomic E-state index is -0.590. The van der Waals surface area contributed by atoms with Gasteiger partial charge in [0.05, 0.1) is 0 Å². The number of carbonyl (C=O) groups is 1. The molecule has 1 amide bonds. The molecule has 88 valence electrons. The number of primary amides is 1. The van der Waals surface area contributed by atoms with Gasteiger partial charge in [0.2, 0.25) is 5.91 Å². The molecule has 15 heavy (non-hydrogen) atoms. The summed E-state index contributed by atoms with van der Waals surface area (Å²) >= 11 is 0. The van der Waals surface area contributed by atoms with E-state index < -0.39 is 5.54 Å². The zero-order chi connectivity index (χ0) is 11.5. The highest BCUT2D eigenvalue weighted by molar-refractivity contribution is 5.84. The van der Waals surface area contributed by atoms with Crippen molar-refractivity contribution in [3.05, 3.63) is 0 Å². The van der Waals surface area contributed by atoms with E-state index in [1.54, 1.807) is 0 Å². The monoisotopic (exact) mass is 213 g/mol. The summed E-state index contributed by atoms with van der Waals surface area (Å²) in [5.41, 5.74) is 4.86. The molecule has 0 aromatic heterocycles. The normalized spacial score (nSPS) is 20.3. The fourth-order valence-corrected chi connectivity index (χ4v) is 1.96. The summed E-state index contributed by atoms with van der Waals surface area (Å²) in [7, 11) is 0. The molecule has 0 radical (unpaired) electrons. The number of amides is 1. The van der Waals surface area contributed by atoms with Gasteiger partial charge in [-0.05, 0) is 32.9 Å². The number of likely N-dealkylation sites (N-methyl/N-ethyl adjacent to an activating group) is 2. The lowest BCUT2D eigenvalue weighted by Gasteiger charge is -2.33. The zero-order valence-electron chi connectivity index (χ0n) is 10.0. The fourth-order valence-electron chi connectivity index (χ4n) is 1.96. The number of nitrogens with two attached hydrogens (primary N) is 1. The van der Waals surface area contributed by atoms with Crippen LogP contribution in [0.2, 0.25) is 0 Å². The Kier molecular flexibility index (Phi) is 4.11. The van der Waals surface area contributed by atoms with Crippen molar-refractivity contribution in [2.24, 2.45) is 5.73 Å². The number of hydrogen-bond donors (Lipinski definition) is 2. The van der Waals surface area contributed by atoms with Crippen LogP contribution in [0.3, 0.4) is 0 Å². The van der Waals surface area contributed by atoms with Crippen molar-refractivity contribution < 1.29 is 4.79 Å². The van der Waals surface area contributed by atoms with Gasteiger partial charge in [-0.25, -0.2) is 0 Å². The minimum Gasteiger partial charge on any atom is -0.368 e. The number of nitrogens with zero attached hydrogens (tertiary/aromatic N) is 1. The van der Waals surface area contributed by atoms with Crippen molar-refractivity contribution in [1.82, 2.24) is 10.2 Å². The van der Waals surface area contributed by atoms with Gasteiger partial charge in [0.15, 0.2) is 0 Å². The molecule has 0 aromatic carbocycles. The average molecular weight is 213 g/mol. The summed E-state index contributed by atoms with van der Waals surface area (Å²) in [6.07, 6.45) is 2.52. The molecule has 1 atom stereocenters. The first kappa shape index (κ1) is 12.5. The van der Waals surface area contributed by atoms with Crippen LogP contribution >= 0.6 is 0 Å². The molecule has 0 spiro atoms. The third-order valence-electron chi connectivity index (χ3n) is 3.10. The highest BCUT2D eigenvalue weighted by atomic mass is 16.1. The Morgan fingerprint density at radius 3 is 2.47 bits per heavy atom. The molecule has 0 bridgehead atoms. The van der Waals surface area contributed by atoms with Crippen LogP contribution in [-0.4, -0.2) is 42.0 Å². The maximum Gasteiger partial charge on any atom is 0.238 e. The van der Waals surface area contributed by atoms with Gasteiger partial charge in [0.1, 0.15) is 5.54 Å². The lowest BCUT2D eigenvalue weighted by atomic mass is 10.0. The molecule has 4 nitrogen and oxygen atoms in total. The van der Waals surface area contributed by atoms with Crippen LogP contribution in [0.4, 0.5) is 0 Å². The zero-order valence-corrected chi connectivity index (χ0v) is 10.0. The molecular formula is C11H23N3O. The first-order valence-corrected chi connectivity index (χ1v) is 5.82. The predicted molar refractivity (Wildman–Crippen MR) is 61.5 cm³/mol. The molecule has 1 fully saturated rings. The van der Waals surface area contributed by atoms with Gasteiger partial charge in [-0.1, -0.05) is 13.8 Å². The minimum absolute atomic E-state index is 0.261. The van der Waals surface area contributed by atoms with E-state index in [-0.39, 0.29) is 5.91 Å². The first-order chi connectivity index (χ1) is 7.03. The standard InChI is InChI=1S/C11H23N3O/c1-4-13-11(3,10(12)15)8-14(5-2)9-6-7-9/h9,13H,4-8H2,1-3H3,(H2,12,15). The molecule has 3 N–H and O–H groups in total. The van der Waals surface area contributed by atoms with Crippen molar-refractivity contribution >= 4 is 5.91 Å². The summed E-state index contributed by atoms with van der Waals surface area (Å²) in [5, 5.41) is 3.19. The number of carbonyl (C=O) groups excluding carboxylic acids is 1. The molecule has 4 heteroatoms. The Bertz CT molecular complexity index is 228. The number of nitrogens with one attached hydrogen (secondary N) is 1. The van der Waals surface area contributed by atoms with Gasteiger partial charge < -0.3 is 11.1 Å². The molecule has 1 unspecified atom stereocenters. The van der Waals surface area contributed by atoms with Crippen LogP contribution < -0.4 is 11.1 Å². The summed E-state index contributed by atoms with van der Waals surface area (Å²) in [5.74, 6) is -0.261. The maximum atomic E-state index is 11.4. The highest BCUT2D eigenvalue weighted by Crippen LogP contribution is 2.27. The van der Waals surface area contributed by atoms with Crippen LogP contribution in [0.15, 0.2) is 0 Å². The average Bonchev–Trinajstić information content (AvgIpc) is 2.97. The lowest BCUT2D eigenvalue weighted by molar-refractivity contribution is -0.124. The molecule has 1 aliphatic carbocycles. The third kappa shape index (κ3) is 3.18. The Labute approximate surface area is 92.2 Å². The van der Waals surface area contributed by atoms with Crippen molar-refractivity contribution in [1.29, 1.82) is 0 Å². The SMILES string of the molecule is CCNC(C)(CN(CC)C1CC1)C(N)=O. The highest BCUT2D eigenvalue weighted by Gasteiger charge is 2.37. The Morgan fingerprint density at radius 1 is 1.53 bits per heavy atom. The molecular weight excluding hydrogens is 190 g/mol. The van der Waals surface area contributed by atoms with E-state index >= 15 is 0 Å². The van der Waals surface area contributed by atoms with Crippen LogP contribution in [0.1, 0.15) is 33.6 Å². The summed E-state index contributed by atoms with van der Waals surface area (Å²) < 4.78 is 0. The summed E-state index contributed by atoms with van der Waals surface area (Å²) in [6.45, 7) is 8.49. The Balaban J connectivity index is 2.59. The van der Waals surface area contributed by atoms with E-state index in [9.17, 15) is 4.79 Å². The van der Waals surface area contributed by atoms with Crippen LogP contribution in [-0.2, 0) is 4.79 Å². The molecule has 0 aliphatic heterocycles. The quantitative estimate of drug-likeness (QED) is 0.640. The van der Waals surface area contributed by atoms with E-state index in [1.165, 1.54) is 12.8 Å². The number of rotatable bonds is 7. The van der Waals surface area contributed by atoms with Gasteiger partial charge in [0, 0.05) is 12.6 Å². The fraction of sp³-hybridized carbons (Fsp3) is 0.909. The van der Waals surface area contributed by atoms with E-state index in [2.05, 4.69) is 17.1 Å². The molecule has 1 saturated carbocycles. The van der Waals surface area contributed by atoms with E-state index in [0.29, 0.717) is 6.04 Å². The van der Waals surface area contributed by atoms with Gasteiger partial charge in [0.25, 0.3) is 0 Å². The summed E-state index contributed by atoms with van der Waals surface area (Å²) in [4.78, 5) is 13.8. The van der Waals surface area contributed by atoms with Crippen LogP contribution in [0, 0.1) is 0 Å². The largest absolute Gasteiger partial charge is 0.368 e. The smallest absolute Gasteiger partial charge is 0.238 e. The second-order valence-electron chi connectivity index (χ2n) is 4.52. The van der Waals surface area contributed by atoms with Gasteiger partial charge >= 0.3 is 0 Å². The van der Waals surface area contributed by atoms with E-state index in [4.69, 9.17) is 5.73 Å². The van der Waals surface area contributed by atoms with Gasteiger partial charge in [-0.2, -0.15) is 0 Å². The third-order valence-corrected chi connectivity index (χ3v) is 3.10. The second-order valence-corrected chi connectivity index (χ2v) is 4.52. The van der Waals surface area contributed by atoms with Crippen molar-refractivity contribution in [3.63, 3.8) is 0 Å². The maximum absolute atomic E-state index is 11.4. The molecule has 1 rings (SSSR count). The Hall–Kier alpha value is -0.610.